The third kappa shape index (κ3) is 2.56. The van der Waals surface area contributed by atoms with Crippen LogP contribution in [0.4, 0.5) is 0 Å². The highest BCUT2D eigenvalue weighted by Crippen LogP contribution is 2.34. The van der Waals surface area contributed by atoms with Crippen LogP contribution in [0, 0.1) is 0 Å². The molecule has 0 radical (unpaired) electrons. The number of carbonyl (C=O) groups excluding carboxylic acids is 1. The highest BCUT2D eigenvalue weighted by atomic mass is 32.2. The number of benzene rings is 1. The Hall–Kier alpha value is -1.76. The summed E-state index contributed by atoms with van der Waals surface area (Å²) in [4.78, 5) is 11.3. The second-order valence-corrected chi connectivity index (χ2v) is 5.75. The maximum absolute atomic E-state index is 11.8. The number of amides is 1. The smallest absolute Gasteiger partial charge is 0.252 e. The summed E-state index contributed by atoms with van der Waals surface area (Å²) in [5.74, 6) is -0.583. The normalized spacial score (nSPS) is 11.1. The van der Waals surface area contributed by atoms with Crippen molar-refractivity contribution in [3.8, 4) is 11.5 Å². The van der Waals surface area contributed by atoms with Crippen LogP contribution in [0.2, 0.25) is 0 Å². The Labute approximate surface area is 106 Å². The molecule has 18 heavy (non-hydrogen) atoms. The van der Waals surface area contributed by atoms with Gasteiger partial charge in [-0.3, -0.25) is 4.79 Å². The van der Waals surface area contributed by atoms with Crippen LogP contribution in [0.1, 0.15) is 17.3 Å². The molecule has 7 heteroatoms. The maximum Gasteiger partial charge on any atom is 0.252 e. The SMILES string of the molecule is CCS(=O)(=O)c1cc(OC)c(OC)c(C(N)=O)c1. The Bertz CT molecular complexity index is 565. The van der Waals surface area contributed by atoms with E-state index in [2.05, 4.69) is 0 Å². The van der Waals surface area contributed by atoms with E-state index in [4.69, 9.17) is 15.2 Å². The fraction of sp³-hybridized carbons (Fsp3) is 0.364. The Kier molecular flexibility index (Phi) is 4.18. The number of methoxy groups -OCH3 is 2. The topological polar surface area (TPSA) is 95.7 Å². The molecule has 0 saturated heterocycles. The second kappa shape index (κ2) is 5.26. The van der Waals surface area contributed by atoms with Gasteiger partial charge in [0.25, 0.3) is 5.91 Å². The van der Waals surface area contributed by atoms with Crippen molar-refractivity contribution in [2.75, 3.05) is 20.0 Å². The van der Waals surface area contributed by atoms with Crippen LogP contribution < -0.4 is 15.2 Å². The summed E-state index contributed by atoms with van der Waals surface area (Å²) in [5.41, 5.74) is 5.17. The van der Waals surface area contributed by atoms with Crippen molar-refractivity contribution in [1.82, 2.24) is 0 Å². The molecule has 1 amide bonds. The lowest BCUT2D eigenvalue weighted by Crippen LogP contribution is -2.15. The van der Waals surface area contributed by atoms with Crippen LogP contribution in [0.5, 0.6) is 11.5 Å². The lowest BCUT2D eigenvalue weighted by molar-refractivity contribution is 0.0996. The Morgan fingerprint density at radius 1 is 1.28 bits per heavy atom. The van der Waals surface area contributed by atoms with Crippen molar-refractivity contribution < 1.29 is 22.7 Å². The Morgan fingerprint density at radius 3 is 2.28 bits per heavy atom. The minimum atomic E-state index is -3.46. The van der Waals surface area contributed by atoms with Crippen molar-refractivity contribution in [2.24, 2.45) is 5.73 Å². The van der Waals surface area contributed by atoms with Gasteiger partial charge < -0.3 is 15.2 Å². The number of carbonyl (C=O) groups is 1. The summed E-state index contributed by atoms with van der Waals surface area (Å²) in [7, 11) is -0.757. The standard InChI is InChI=1S/C11H15NO5S/c1-4-18(14,15)7-5-8(11(12)13)10(17-3)9(6-7)16-2/h5-6H,4H2,1-3H3,(H2,12,13). The van der Waals surface area contributed by atoms with Crippen LogP contribution in [0.3, 0.4) is 0 Å². The van der Waals surface area contributed by atoms with Gasteiger partial charge in [-0.2, -0.15) is 0 Å². The van der Waals surface area contributed by atoms with E-state index in [1.54, 1.807) is 0 Å². The molecule has 0 aromatic heterocycles. The molecule has 1 aromatic carbocycles. The minimum Gasteiger partial charge on any atom is -0.493 e. The van der Waals surface area contributed by atoms with Gasteiger partial charge in [0, 0.05) is 6.07 Å². The first-order valence-corrected chi connectivity index (χ1v) is 6.81. The molecule has 0 aliphatic carbocycles. The van der Waals surface area contributed by atoms with Crippen molar-refractivity contribution in [1.29, 1.82) is 0 Å². The average Bonchev–Trinajstić information content (AvgIpc) is 2.36. The number of nitrogens with two attached hydrogens (primary N) is 1. The van der Waals surface area contributed by atoms with Crippen LogP contribution in [-0.4, -0.2) is 34.3 Å². The minimum absolute atomic E-state index is 0.0172. The molecular formula is C11H15NO5S. The molecule has 6 nitrogen and oxygen atoms in total. The van der Waals surface area contributed by atoms with Gasteiger partial charge in [-0.1, -0.05) is 6.92 Å². The molecule has 2 N–H and O–H groups in total. The summed E-state index contributed by atoms with van der Waals surface area (Å²) < 4.78 is 33.6. The largest absolute Gasteiger partial charge is 0.493 e. The molecule has 0 fully saturated rings. The predicted octanol–water partition coefficient (Wildman–Crippen LogP) is 0.596. The van der Waals surface area contributed by atoms with E-state index in [1.807, 2.05) is 0 Å². The molecule has 0 bridgehead atoms. The third-order valence-corrected chi connectivity index (χ3v) is 4.17. The van der Waals surface area contributed by atoms with Gasteiger partial charge in [0.05, 0.1) is 30.4 Å². The monoisotopic (exact) mass is 273 g/mol. The molecule has 1 rings (SSSR count). The third-order valence-electron chi connectivity index (χ3n) is 2.46. The molecule has 0 heterocycles. The lowest BCUT2D eigenvalue weighted by atomic mass is 10.1. The van der Waals surface area contributed by atoms with E-state index in [9.17, 15) is 13.2 Å². The fourth-order valence-corrected chi connectivity index (χ4v) is 2.39. The number of rotatable bonds is 5. The highest BCUT2D eigenvalue weighted by Gasteiger charge is 2.21. The first-order chi connectivity index (χ1) is 8.37. The maximum atomic E-state index is 11.8. The molecule has 0 atom stereocenters. The Morgan fingerprint density at radius 2 is 1.89 bits per heavy atom. The van der Waals surface area contributed by atoms with Gasteiger partial charge in [-0.15, -0.1) is 0 Å². The molecule has 0 aliphatic rings. The van der Waals surface area contributed by atoms with Crippen molar-refractivity contribution in [2.45, 2.75) is 11.8 Å². The molecule has 0 unspecified atom stereocenters. The molecule has 1 aromatic rings. The predicted molar refractivity (Wildman–Crippen MR) is 65.8 cm³/mol. The number of ether oxygens (including phenoxy) is 2. The Balaban J connectivity index is 3.61. The van der Waals surface area contributed by atoms with E-state index in [-0.39, 0.29) is 27.7 Å². The number of sulfone groups is 1. The van der Waals surface area contributed by atoms with Crippen molar-refractivity contribution in [3.05, 3.63) is 17.7 Å². The summed E-state index contributed by atoms with van der Waals surface area (Å²) >= 11 is 0. The van der Waals surface area contributed by atoms with Gasteiger partial charge in [0.15, 0.2) is 21.3 Å². The van der Waals surface area contributed by atoms with E-state index >= 15 is 0 Å². The van der Waals surface area contributed by atoms with Gasteiger partial charge in [-0.05, 0) is 6.07 Å². The molecule has 0 spiro atoms. The summed E-state index contributed by atoms with van der Waals surface area (Å²) in [6.07, 6.45) is 0. The fourth-order valence-electron chi connectivity index (χ4n) is 1.47. The average molecular weight is 273 g/mol. The van der Waals surface area contributed by atoms with E-state index < -0.39 is 15.7 Å². The van der Waals surface area contributed by atoms with Crippen LogP contribution in [0.15, 0.2) is 17.0 Å². The lowest BCUT2D eigenvalue weighted by Gasteiger charge is -2.13. The molecule has 100 valence electrons. The van der Waals surface area contributed by atoms with Crippen molar-refractivity contribution in [3.63, 3.8) is 0 Å². The number of hydrogen-bond acceptors (Lipinski definition) is 5. The van der Waals surface area contributed by atoms with Crippen LogP contribution >= 0.6 is 0 Å². The van der Waals surface area contributed by atoms with Crippen LogP contribution in [0.25, 0.3) is 0 Å². The van der Waals surface area contributed by atoms with Gasteiger partial charge in [0.1, 0.15) is 0 Å². The van der Waals surface area contributed by atoms with E-state index in [1.165, 1.54) is 33.3 Å². The van der Waals surface area contributed by atoms with Gasteiger partial charge >= 0.3 is 0 Å². The molecular weight excluding hydrogens is 258 g/mol. The second-order valence-electron chi connectivity index (χ2n) is 3.47. The zero-order valence-electron chi connectivity index (χ0n) is 10.4. The first-order valence-electron chi connectivity index (χ1n) is 5.16. The van der Waals surface area contributed by atoms with E-state index in [0.717, 1.165) is 0 Å². The summed E-state index contributed by atoms with van der Waals surface area (Å²) in [6.45, 7) is 1.51. The number of primary amides is 1. The van der Waals surface area contributed by atoms with Crippen LogP contribution in [-0.2, 0) is 9.84 Å². The zero-order chi connectivity index (χ0) is 13.9. The summed E-state index contributed by atoms with van der Waals surface area (Å²) in [5, 5.41) is 0. The molecule has 0 aliphatic heterocycles. The van der Waals surface area contributed by atoms with Crippen molar-refractivity contribution >= 4 is 15.7 Å². The summed E-state index contributed by atoms with van der Waals surface area (Å²) in [6, 6.07) is 2.51. The quantitative estimate of drug-likeness (QED) is 0.847. The highest BCUT2D eigenvalue weighted by molar-refractivity contribution is 7.91. The van der Waals surface area contributed by atoms with Gasteiger partial charge in [0.2, 0.25) is 0 Å². The zero-order valence-corrected chi connectivity index (χ0v) is 11.2. The van der Waals surface area contributed by atoms with Gasteiger partial charge in [-0.25, -0.2) is 8.42 Å². The first kappa shape index (κ1) is 14.3. The number of hydrogen-bond donors (Lipinski definition) is 1. The molecule has 0 saturated carbocycles. The van der Waals surface area contributed by atoms with E-state index in [0.29, 0.717) is 0 Å².